The Morgan fingerprint density at radius 1 is 1.67 bits per heavy atom. The molecule has 2 heterocycles. The summed E-state index contributed by atoms with van der Waals surface area (Å²) in [7, 11) is 1.37. The second-order valence-corrected chi connectivity index (χ2v) is 2.49. The first kappa shape index (κ1) is 7.09. The number of methoxy groups -OCH3 is 1. The van der Waals surface area contributed by atoms with E-state index >= 15 is 0 Å². The topological polar surface area (TPSA) is 43.6 Å². The smallest absolute Gasteiger partial charge is 0.354 e. The van der Waals surface area contributed by atoms with Gasteiger partial charge in [0.2, 0.25) is 0 Å². The Balaban J connectivity index is 2.42. The molecule has 0 fully saturated rings. The molecule has 0 bridgehead atoms. The molecule has 4 heteroatoms. The fourth-order valence-corrected chi connectivity index (χ4v) is 1.26. The zero-order chi connectivity index (χ0) is 8.55. The highest BCUT2D eigenvalue weighted by atomic mass is 16.5. The van der Waals surface area contributed by atoms with Crippen molar-refractivity contribution in [3.05, 3.63) is 17.8 Å². The second-order valence-electron chi connectivity index (χ2n) is 2.49. The van der Waals surface area contributed by atoms with Crippen molar-refractivity contribution >= 4 is 18.0 Å². The van der Waals surface area contributed by atoms with Crippen LogP contribution in [0.1, 0.15) is 10.5 Å². The fraction of sp³-hybridized carbons (Fsp3) is 0.250. The molecule has 0 saturated heterocycles. The minimum atomic E-state index is -0.313. The van der Waals surface area contributed by atoms with Gasteiger partial charge in [0.15, 0.2) is 0 Å². The SMILES string of the molecule is COC(=O)c1ccc2n1CC=N2. The molecule has 2 rings (SSSR count). The predicted octanol–water partition coefficient (Wildman–Crippen LogP) is 0.991. The first-order valence-electron chi connectivity index (χ1n) is 3.63. The van der Waals surface area contributed by atoms with Crippen LogP contribution in [0, 0.1) is 0 Å². The van der Waals surface area contributed by atoms with Crippen LogP contribution in [0.25, 0.3) is 0 Å². The van der Waals surface area contributed by atoms with Crippen molar-refractivity contribution in [3.8, 4) is 0 Å². The van der Waals surface area contributed by atoms with Crippen molar-refractivity contribution in [1.82, 2.24) is 4.57 Å². The summed E-state index contributed by atoms with van der Waals surface area (Å²) in [6.45, 7) is 0.659. The summed E-state index contributed by atoms with van der Waals surface area (Å²) in [4.78, 5) is 15.2. The molecule has 0 unspecified atom stereocenters. The lowest BCUT2D eigenvalue weighted by Gasteiger charge is -2.01. The largest absolute Gasteiger partial charge is 0.464 e. The molecule has 12 heavy (non-hydrogen) atoms. The van der Waals surface area contributed by atoms with Crippen molar-refractivity contribution in [3.63, 3.8) is 0 Å². The van der Waals surface area contributed by atoms with Crippen molar-refractivity contribution in [2.24, 2.45) is 4.99 Å². The molecule has 0 aliphatic carbocycles. The normalized spacial score (nSPS) is 13.1. The minimum absolute atomic E-state index is 0.313. The van der Waals surface area contributed by atoms with Crippen LogP contribution in [0.15, 0.2) is 17.1 Å². The number of ether oxygens (including phenoxy) is 1. The van der Waals surface area contributed by atoms with E-state index in [0.717, 1.165) is 5.82 Å². The van der Waals surface area contributed by atoms with Gasteiger partial charge in [0.1, 0.15) is 11.5 Å². The first-order chi connectivity index (χ1) is 5.83. The molecule has 1 aromatic rings. The molecule has 4 nitrogen and oxygen atoms in total. The van der Waals surface area contributed by atoms with E-state index in [-0.39, 0.29) is 5.97 Å². The van der Waals surface area contributed by atoms with Crippen LogP contribution in [0.5, 0.6) is 0 Å². The maximum atomic E-state index is 11.1. The van der Waals surface area contributed by atoms with Gasteiger partial charge in [-0.2, -0.15) is 0 Å². The number of hydrogen-bond acceptors (Lipinski definition) is 3. The van der Waals surface area contributed by atoms with Gasteiger partial charge in [-0.05, 0) is 12.1 Å². The van der Waals surface area contributed by atoms with Crippen molar-refractivity contribution < 1.29 is 9.53 Å². The van der Waals surface area contributed by atoms with Crippen molar-refractivity contribution in [1.29, 1.82) is 0 Å². The zero-order valence-electron chi connectivity index (χ0n) is 6.65. The Kier molecular flexibility index (Phi) is 1.46. The van der Waals surface area contributed by atoms with Gasteiger partial charge in [0.05, 0.1) is 13.7 Å². The van der Waals surface area contributed by atoms with Crippen molar-refractivity contribution in [2.45, 2.75) is 6.54 Å². The molecule has 0 spiro atoms. The van der Waals surface area contributed by atoms with E-state index in [9.17, 15) is 4.79 Å². The molecule has 62 valence electrons. The van der Waals surface area contributed by atoms with E-state index < -0.39 is 0 Å². The summed E-state index contributed by atoms with van der Waals surface area (Å²) in [5.74, 6) is 0.502. The third kappa shape index (κ3) is 0.845. The average molecular weight is 164 g/mol. The zero-order valence-corrected chi connectivity index (χ0v) is 6.65. The molecule has 1 aromatic heterocycles. The number of rotatable bonds is 1. The van der Waals surface area contributed by atoms with E-state index in [0.29, 0.717) is 12.2 Å². The van der Waals surface area contributed by atoms with Gasteiger partial charge in [0, 0.05) is 6.21 Å². The highest BCUT2D eigenvalue weighted by Gasteiger charge is 2.16. The number of aliphatic imine (C=N–C) groups is 1. The second kappa shape index (κ2) is 2.48. The number of nitrogens with zero attached hydrogens (tertiary/aromatic N) is 2. The number of fused-ring (bicyclic) bond motifs is 1. The maximum absolute atomic E-state index is 11.1. The van der Waals surface area contributed by atoms with Crippen LogP contribution in [0.4, 0.5) is 5.82 Å². The molecule has 1 aliphatic rings. The van der Waals surface area contributed by atoms with Gasteiger partial charge in [-0.1, -0.05) is 0 Å². The molecular weight excluding hydrogens is 156 g/mol. The van der Waals surface area contributed by atoms with Gasteiger partial charge in [-0.25, -0.2) is 9.79 Å². The summed E-state index contributed by atoms with van der Waals surface area (Å²) in [6, 6.07) is 3.52. The fourth-order valence-electron chi connectivity index (χ4n) is 1.26. The third-order valence-corrected chi connectivity index (χ3v) is 1.84. The Morgan fingerprint density at radius 3 is 3.25 bits per heavy atom. The van der Waals surface area contributed by atoms with E-state index in [2.05, 4.69) is 9.73 Å². The average Bonchev–Trinajstić information content (AvgIpc) is 2.62. The molecule has 0 amide bonds. The number of carbonyl (C=O) groups is 1. The Morgan fingerprint density at radius 2 is 2.50 bits per heavy atom. The summed E-state index contributed by atoms with van der Waals surface area (Å²) in [5.41, 5.74) is 0.560. The standard InChI is InChI=1S/C8H8N2O2/c1-12-8(11)6-2-3-7-9-4-5-10(6)7/h2-4H,5H2,1H3. The third-order valence-electron chi connectivity index (χ3n) is 1.84. The Bertz CT molecular complexity index is 352. The summed E-state index contributed by atoms with van der Waals surface area (Å²) in [5, 5.41) is 0. The van der Waals surface area contributed by atoms with Gasteiger partial charge in [0.25, 0.3) is 0 Å². The van der Waals surface area contributed by atoms with Gasteiger partial charge < -0.3 is 9.30 Å². The van der Waals surface area contributed by atoms with Gasteiger partial charge in [-0.15, -0.1) is 0 Å². The van der Waals surface area contributed by atoms with E-state index in [4.69, 9.17) is 0 Å². The van der Waals surface area contributed by atoms with E-state index in [1.807, 2.05) is 4.57 Å². The molecule has 0 N–H and O–H groups in total. The molecule has 0 atom stereocenters. The Hall–Kier alpha value is -1.58. The molecule has 0 saturated carbocycles. The lowest BCUT2D eigenvalue weighted by molar-refractivity contribution is 0.0590. The molecule has 0 aromatic carbocycles. The van der Waals surface area contributed by atoms with E-state index in [1.54, 1.807) is 18.3 Å². The predicted molar refractivity (Wildman–Crippen MR) is 43.9 cm³/mol. The van der Waals surface area contributed by atoms with Crippen LogP contribution >= 0.6 is 0 Å². The van der Waals surface area contributed by atoms with Crippen LogP contribution in [-0.4, -0.2) is 23.9 Å². The molecule has 1 aliphatic heterocycles. The van der Waals surface area contributed by atoms with Gasteiger partial charge >= 0.3 is 5.97 Å². The molecule has 0 radical (unpaired) electrons. The summed E-state index contributed by atoms with van der Waals surface area (Å²) >= 11 is 0. The van der Waals surface area contributed by atoms with Gasteiger partial charge in [-0.3, -0.25) is 0 Å². The van der Waals surface area contributed by atoms with Crippen LogP contribution < -0.4 is 0 Å². The number of hydrogen-bond donors (Lipinski definition) is 0. The maximum Gasteiger partial charge on any atom is 0.354 e. The molecular formula is C8H8N2O2. The lowest BCUT2D eigenvalue weighted by atomic mass is 10.4. The highest BCUT2D eigenvalue weighted by Crippen LogP contribution is 2.21. The summed E-state index contributed by atoms with van der Waals surface area (Å²) in [6.07, 6.45) is 1.77. The summed E-state index contributed by atoms with van der Waals surface area (Å²) < 4.78 is 6.42. The first-order valence-corrected chi connectivity index (χ1v) is 3.63. The quantitative estimate of drug-likeness (QED) is 0.581. The minimum Gasteiger partial charge on any atom is -0.464 e. The van der Waals surface area contributed by atoms with Crippen molar-refractivity contribution in [2.75, 3.05) is 7.11 Å². The van der Waals surface area contributed by atoms with E-state index in [1.165, 1.54) is 7.11 Å². The monoisotopic (exact) mass is 164 g/mol. The van der Waals surface area contributed by atoms with Crippen LogP contribution in [0.3, 0.4) is 0 Å². The number of carbonyl (C=O) groups excluding carboxylic acids is 1. The highest BCUT2D eigenvalue weighted by molar-refractivity contribution is 5.89. The number of aromatic nitrogens is 1. The van der Waals surface area contributed by atoms with Crippen LogP contribution in [-0.2, 0) is 11.3 Å². The number of esters is 1. The van der Waals surface area contributed by atoms with Crippen LogP contribution in [0.2, 0.25) is 0 Å². The lowest BCUT2D eigenvalue weighted by Crippen LogP contribution is -2.08. The Labute approximate surface area is 69.5 Å².